The first-order valence-corrected chi connectivity index (χ1v) is 11.4. The van der Waals surface area contributed by atoms with E-state index in [1.807, 2.05) is 112 Å². The summed E-state index contributed by atoms with van der Waals surface area (Å²) < 4.78 is 5.73. The van der Waals surface area contributed by atoms with Gasteiger partial charge in [0.2, 0.25) is 0 Å². The van der Waals surface area contributed by atoms with Crippen LogP contribution >= 0.6 is 0 Å². The summed E-state index contributed by atoms with van der Waals surface area (Å²) in [5.41, 5.74) is 6.39. The van der Waals surface area contributed by atoms with Gasteiger partial charge >= 0.3 is 5.97 Å². The summed E-state index contributed by atoms with van der Waals surface area (Å²) in [7, 11) is 1.35. The van der Waals surface area contributed by atoms with Gasteiger partial charge in [-0.1, -0.05) is 66.7 Å². The molecule has 2 aromatic rings. The molecule has 0 fully saturated rings. The number of benzene rings is 2. The minimum atomic E-state index is -1.35. The number of hydroxylamine groups is 1. The van der Waals surface area contributed by atoms with Crippen LogP contribution in [0, 0.1) is 5.92 Å². The Morgan fingerprint density at radius 3 is 2.26 bits per heavy atom. The average molecular weight is 477 g/mol. The third kappa shape index (κ3) is 6.44. The van der Waals surface area contributed by atoms with E-state index in [4.69, 9.17) is 14.7 Å². The maximum Gasteiger partial charge on any atom is 0.355 e. The van der Waals surface area contributed by atoms with Crippen LogP contribution < -0.4 is 10.5 Å². The second kappa shape index (κ2) is 12.1. The molecule has 8 nitrogen and oxygen atoms in total. The minimum absolute atomic E-state index is 0.255. The summed E-state index contributed by atoms with van der Waals surface area (Å²) in [6.45, 7) is 7.60. The van der Waals surface area contributed by atoms with Crippen LogP contribution in [0.4, 0.5) is 11.4 Å². The molecule has 35 heavy (non-hydrogen) atoms. The van der Waals surface area contributed by atoms with E-state index in [2.05, 4.69) is 15.5 Å². The van der Waals surface area contributed by atoms with Gasteiger partial charge in [-0.15, -0.1) is 0 Å². The zero-order chi connectivity index (χ0) is 25.3. The largest absolute Gasteiger partial charge is 0.422 e. The Labute approximate surface area is 206 Å². The second-order valence-corrected chi connectivity index (χ2v) is 8.19. The average Bonchev–Trinajstić information content (AvgIpc) is 2.88. The number of anilines is 2. The number of carbonyl (C=O) groups excluding carboxylic acids is 1. The molecule has 0 amide bonds. The summed E-state index contributed by atoms with van der Waals surface area (Å²) in [4.78, 5) is 23.1. The predicted molar refractivity (Wildman–Crippen MR) is 138 cm³/mol. The van der Waals surface area contributed by atoms with E-state index < -0.39 is 11.8 Å². The van der Waals surface area contributed by atoms with Crippen LogP contribution in [0.3, 0.4) is 0 Å². The molecule has 184 valence electrons. The molecular weight excluding hydrogens is 444 g/mol. The van der Waals surface area contributed by atoms with Gasteiger partial charge in [0, 0.05) is 11.5 Å². The Bertz CT molecular complexity index is 1060. The van der Waals surface area contributed by atoms with E-state index in [1.54, 1.807) is 0 Å². The first kappa shape index (κ1) is 25.9. The predicted octanol–water partition coefficient (Wildman–Crippen LogP) is 5.13. The lowest BCUT2D eigenvalue weighted by molar-refractivity contribution is -0.250. The number of esters is 1. The molecule has 0 radical (unpaired) electrons. The fourth-order valence-corrected chi connectivity index (χ4v) is 3.52. The van der Waals surface area contributed by atoms with E-state index >= 15 is 0 Å². The molecule has 0 aliphatic heterocycles. The van der Waals surface area contributed by atoms with Crippen molar-refractivity contribution in [1.82, 2.24) is 5.48 Å². The first-order chi connectivity index (χ1) is 16.9. The molecule has 3 rings (SSSR count). The molecule has 0 aromatic heterocycles. The van der Waals surface area contributed by atoms with Gasteiger partial charge in [-0.05, 0) is 45.0 Å². The van der Waals surface area contributed by atoms with Crippen LogP contribution in [0.15, 0.2) is 94.7 Å². The summed E-state index contributed by atoms with van der Waals surface area (Å²) in [5, 5.41) is 10.2. The molecule has 0 saturated carbocycles. The Hall–Kier alpha value is -3.75. The third-order valence-corrected chi connectivity index (χ3v) is 5.68. The molecule has 2 aromatic carbocycles. The molecule has 0 bridgehead atoms. The number of carbonyl (C=O) groups is 1. The number of nitrogens with one attached hydrogen (secondary N) is 1. The summed E-state index contributed by atoms with van der Waals surface area (Å²) in [6, 6.07) is 19.5. The van der Waals surface area contributed by atoms with Crippen LogP contribution in [0.1, 0.15) is 27.7 Å². The quantitative estimate of drug-likeness (QED) is 0.221. The maximum absolute atomic E-state index is 12.4. The summed E-state index contributed by atoms with van der Waals surface area (Å²) >= 11 is 0. The molecule has 0 spiro atoms. The number of oxime groups is 1. The highest BCUT2D eigenvalue weighted by Gasteiger charge is 2.44. The number of para-hydroxylation sites is 2. The smallest absolute Gasteiger partial charge is 0.355 e. The highest BCUT2D eigenvalue weighted by molar-refractivity contribution is 6.23. The molecule has 0 saturated heterocycles. The van der Waals surface area contributed by atoms with Gasteiger partial charge in [0.25, 0.3) is 5.79 Å². The van der Waals surface area contributed by atoms with Crippen molar-refractivity contribution in [3.63, 3.8) is 0 Å². The van der Waals surface area contributed by atoms with Crippen LogP contribution in [0.25, 0.3) is 0 Å². The van der Waals surface area contributed by atoms with E-state index in [1.165, 1.54) is 7.11 Å². The molecule has 3 atom stereocenters. The SMILES string of the molecule is CON=CC(=O)OC1(ONC(C)C(C)=NN(c2ccccc2)c2ccccc2)C(C)=CC=CC1C. The van der Waals surface area contributed by atoms with E-state index in [9.17, 15) is 4.79 Å². The van der Waals surface area contributed by atoms with Crippen LogP contribution in [-0.4, -0.2) is 36.8 Å². The number of hydrogen-bond donors (Lipinski definition) is 1. The second-order valence-electron chi connectivity index (χ2n) is 8.19. The van der Waals surface area contributed by atoms with Crippen LogP contribution in [0.5, 0.6) is 0 Å². The maximum atomic E-state index is 12.4. The van der Waals surface area contributed by atoms with Crippen molar-refractivity contribution in [2.24, 2.45) is 16.2 Å². The molecule has 1 aliphatic carbocycles. The van der Waals surface area contributed by atoms with Crippen molar-refractivity contribution in [3.05, 3.63) is 84.5 Å². The highest BCUT2D eigenvalue weighted by Crippen LogP contribution is 2.35. The number of nitrogens with zero attached hydrogens (tertiary/aromatic N) is 3. The lowest BCUT2D eigenvalue weighted by atomic mass is 9.89. The Balaban J connectivity index is 1.82. The van der Waals surface area contributed by atoms with Crippen molar-refractivity contribution in [1.29, 1.82) is 0 Å². The zero-order valence-corrected chi connectivity index (χ0v) is 20.7. The Kier molecular flexibility index (Phi) is 8.94. The van der Waals surface area contributed by atoms with Gasteiger partial charge < -0.3 is 9.57 Å². The first-order valence-electron chi connectivity index (χ1n) is 11.4. The molecule has 3 unspecified atom stereocenters. The lowest BCUT2D eigenvalue weighted by Crippen LogP contribution is -2.51. The Morgan fingerprint density at radius 2 is 1.71 bits per heavy atom. The van der Waals surface area contributed by atoms with Gasteiger partial charge in [0.05, 0.1) is 23.1 Å². The highest BCUT2D eigenvalue weighted by atomic mass is 16.8. The molecule has 8 heteroatoms. The standard InChI is InChI=1S/C27H32N4O4/c1-20-13-12-14-21(2)27(20,34-26(32)19-28-33-5)35-30-23(4)22(3)29-31(24-15-8-6-9-16-24)25-17-10-7-11-18-25/h6-20,23,30H,1-5H3. The fourth-order valence-electron chi connectivity index (χ4n) is 3.52. The molecule has 1 aliphatic rings. The van der Waals surface area contributed by atoms with E-state index in [0.29, 0.717) is 0 Å². The summed E-state index contributed by atoms with van der Waals surface area (Å²) in [6.07, 6.45) is 6.64. The molecule has 0 heterocycles. The van der Waals surface area contributed by atoms with Gasteiger partial charge in [0.15, 0.2) is 6.21 Å². The minimum Gasteiger partial charge on any atom is -0.422 e. The van der Waals surface area contributed by atoms with Crippen molar-refractivity contribution in [2.45, 2.75) is 39.5 Å². The molecular formula is C27H32N4O4. The van der Waals surface area contributed by atoms with Crippen molar-refractivity contribution >= 4 is 29.3 Å². The number of hydrazone groups is 1. The normalized spacial score (nSPS) is 20.9. The Morgan fingerprint density at radius 1 is 1.11 bits per heavy atom. The number of rotatable bonds is 10. The number of hydrogen-bond acceptors (Lipinski definition) is 8. The van der Waals surface area contributed by atoms with Crippen LogP contribution in [-0.2, 0) is 19.2 Å². The van der Waals surface area contributed by atoms with Gasteiger partial charge in [0.1, 0.15) is 7.11 Å². The van der Waals surface area contributed by atoms with Gasteiger partial charge in [-0.3, -0.25) is 0 Å². The van der Waals surface area contributed by atoms with E-state index in [0.717, 1.165) is 28.9 Å². The van der Waals surface area contributed by atoms with Crippen molar-refractivity contribution in [2.75, 3.05) is 12.1 Å². The third-order valence-electron chi connectivity index (χ3n) is 5.68. The monoisotopic (exact) mass is 476 g/mol. The van der Waals surface area contributed by atoms with Gasteiger partial charge in [-0.25, -0.2) is 14.6 Å². The molecule has 1 N–H and O–H groups in total. The lowest BCUT2D eigenvalue weighted by Gasteiger charge is -2.39. The number of allylic oxidation sites excluding steroid dienone is 2. The number of ether oxygens (including phenoxy) is 1. The zero-order valence-electron chi connectivity index (χ0n) is 20.7. The summed E-state index contributed by atoms with van der Waals surface area (Å²) in [5.74, 6) is -2.28. The van der Waals surface area contributed by atoms with Crippen molar-refractivity contribution in [3.8, 4) is 0 Å². The topological polar surface area (TPSA) is 84.8 Å². The van der Waals surface area contributed by atoms with Gasteiger partial charge in [-0.2, -0.15) is 10.6 Å². The van der Waals surface area contributed by atoms with Crippen LogP contribution in [0.2, 0.25) is 0 Å². The fraction of sp³-hybridized carbons (Fsp3) is 0.296. The van der Waals surface area contributed by atoms with Crippen molar-refractivity contribution < 1.29 is 19.2 Å². The van der Waals surface area contributed by atoms with E-state index in [-0.39, 0.29) is 12.0 Å².